The quantitative estimate of drug-likeness (QED) is 0.631. The van der Waals surface area contributed by atoms with Crippen molar-refractivity contribution in [2.75, 3.05) is 7.11 Å². The molecule has 1 aromatic rings. The van der Waals surface area contributed by atoms with E-state index in [0.717, 1.165) is 12.0 Å². The molecule has 0 atom stereocenters. The predicted octanol–water partition coefficient (Wildman–Crippen LogP) is 3.61. The average molecular weight is 240 g/mol. The zero-order valence-electron chi connectivity index (χ0n) is 9.11. The first kappa shape index (κ1) is 12.6. The van der Waals surface area contributed by atoms with E-state index in [1.54, 1.807) is 13.2 Å². The number of hydrogen-bond acceptors (Lipinski definition) is 3. The molecule has 1 aromatic heterocycles. The standard InChI is InChI=1S/C12H14ClNO2/c1-9(15)5-3-4-6-10-7-8-11(16-2)14-12(10)13/h4,6-8,15H,1,3,5H2,2H3/b6-4+. The third-order valence-electron chi connectivity index (χ3n) is 1.96. The molecule has 1 N–H and O–H groups in total. The minimum atomic E-state index is 0.184. The molecule has 0 radical (unpaired) electrons. The first-order valence-electron chi connectivity index (χ1n) is 4.87. The molecular formula is C12H14ClNO2. The van der Waals surface area contributed by atoms with Crippen LogP contribution in [0.4, 0.5) is 0 Å². The van der Waals surface area contributed by atoms with Gasteiger partial charge in [-0.25, -0.2) is 4.98 Å². The van der Waals surface area contributed by atoms with E-state index >= 15 is 0 Å². The number of halogens is 1. The van der Waals surface area contributed by atoms with Crippen LogP contribution in [0.2, 0.25) is 5.15 Å². The fourth-order valence-corrected chi connectivity index (χ4v) is 1.34. The van der Waals surface area contributed by atoms with Crippen LogP contribution in [-0.2, 0) is 0 Å². The number of rotatable bonds is 5. The number of hydrogen-bond donors (Lipinski definition) is 1. The van der Waals surface area contributed by atoms with Crippen LogP contribution in [-0.4, -0.2) is 17.2 Å². The monoisotopic (exact) mass is 239 g/mol. The lowest BCUT2D eigenvalue weighted by Crippen LogP contribution is -1.88. The van der Waals surface area contributed by atoms with E-state index < -0.39 is 0 Å². The number of aliphatic hydroxyl groups excluding tert-OH is 1. The van der Waals surface area contributed by atoms with Crippen molar-refractivity contribution in [1.82, 2.24) is 4.98 Å². The molecule has 0 amide bonds. The van der Waals surface area contributed by atoms with Gasteiger partial charge in [0.1, 0.15) is 5.15 Å². The Labute approximate surface area is 100 Å². The number of pyridine rings is 1. The van der Waals surface area contributed by atoms with Crippen LogP contribution in [0.1, 0.15) is 18.4 Å². The first-order chi connectivity index (χ1) is 7.63. The van der Waals surface area contributed by atoms with E-state index in [9.17, 15) is 0 Å². The van der Waals surface area contributed by atoms with E-state index in [4.69, 9.17) is 21.4 Å². The first-order valence-corrected chi connectivity index (χ1v) is 5.25. The molecule has 0 aromatic carbocycles. The summed E-state index contributed by atoms with van der Waals surface area (Å²) < 4.78 is 4.94. The molecule has 4 heteroatoms. The summed E-state index contributed by atoms with van der Waals surface area (Å²) >= 11 is 5.94. The van der Waals surface area contributed by atoms with Crippen molar-refractivity contribution in [2.45, 2.75) is 12.8 Å². The molecular weight excluding hydrogens is 226 g/mol. The largest absolute Gasteiger partial charge is 0.513 e. The highest BCUT2D eigenvalue weighted by atomic mass is 35.5. The van der Waals surface area contributed by atoms with Gasteiger partial charge >= 0.3 is 0 Å². The highest BCUT2D eigenvalue weighted by Crippen LogP contribution is 2.19. The lowest BCUT2D eigenvalue weighted by Gasteiger charge is -2.01. The number of allylic oxidation sites excluding steroid dienone is 2. The maximum absolute atomic E-state index is 8.89. The summed E-state index contributed by atoms with van der Waals surface area (Å²) in [4.78, 5) is 4.03. The molecule has 0 fully saturated rings. The lowest BCUT2D eigenvalue weighted by molar-refractivity contribution is 0.392. The van der Waals surface area contributed by atoms with Crippen LogP contribution in [0, 0.1) is 0 Å². The Balaban J connectivity index is 2.63. The summed E-state index contributed by atoms with van der Waals surface area (Å²) in [6, 6.07) is 3.58. The summed E-state index contributed by atoms with van der Waals surface area (Å²) in [6.07, 6.45) is 5.05. The third kappa shape index (κ3) is 3.95. The van der Waals surface area contributed by atoms with Gasteiger partial charge < -0.3 is 9.84 Å². The van der Waals surface area contributed by atoms with Crippen LogP contribution in [0.3, 0.4) is 0 Å². The fourth-order valence-electron chi connectivity index (χ4n) is 1.13. The number of methoxy groups -OCH3 is 1. The van der Waals surface area contributed by atoms with Crippen LogP contribution in [0.15, 0.2) is 30.5 Å². The highest BCUT2D eigenvalue weighted by molar-refractivity contribution is 6.30. The highest BCUT2D eigenvalue weighted by Gasteiger charge is 2.00. The molecule has 0 spiro atoms. The van der Waals surface area contributed by atoms with Gasteiger partial charge in [0.2, 0.25) is 5.88 Å². The second-order valence-corrected chi connectivity index (χ2v) is 3.60. The molecule has 3 nitrogen and oxygen atoms in total. The van der Waals surface area contributed by atoms with Crippen molar-refractivity contribution < 1.29 is 9.84 Å². The van der Waals surface area contributed by atoms with Gasteiger partial charge in [-0.15, -0.1) is 0 Å². The molecule has 16 heavy (non-hydrogen) atoms. The van der Waals surface area contributed by atoms with Crippen molar-refractivity contribution in [3.63, 3.8) is 0 Å². The van der Waals surface area contributed by atoms with E-state index in [1.165, 1.54) is 0 Å². The summed E-state index contributed by atoms with van der Waals surface area (Å²) in [7, 11) is 1.54. The number of nitrogens with zero attached hydrogens (tertiary/aromatic N) is 1. The van der Waals surface area contributed by atoms with Crippen LogP contribution in [0.5, 0.6) is 5.88 Å². The molecule has 1 heterocycles. The van der Waals surface area contributed by atoms with Crippen molar-refractivity contribution in [3.8, 4) is 5.88 Å². The second-order valence-electron chi connectivity index (χ2n) is 3.24. The Bertz CT molecular complexity index is 402. The Morgan fingerprint density at radius 2 is 2.38 bits per heavy atom. The Morgan fingerprint density at radius 3 is 2.94 bits per heavy atom. The molecule has 0 unspecified atom stereocenters. The molecule has 1 rings (SSSR count). The predicted molar refractivity (Wildman–Crippen MR) is 65.8 cm³/mol. The zero-order chi connectivity index (χ0) is 12.0. The maximum Gasteiger partial charge on any atom is 0.214 e. The van der Waals surface area contributed by atoms with Crippen molar-refractivity contribution in [3.05, 3.63) is 41.3 Å². The maximum atomic E-state index is 8.89. The molecule has 0 aliphatic rings. The van der Waals surface area contributed by atoms with Gasteiger partial charge in [0, 0.05) is 18.1 Å². The number of aliphatic hydroxyl groups is 1. The van der Waals surface area contributed by atoms with E-state index in [1.807, 2.05) is 18.2 Å². The summed E-state index contributed by atoms with van der Waals surface area (Å²) in [5.41, 5.74) is 0.825. The summed E-state index contributed by atoms with van der Waals surface area (Å²) in [6.45, 7) is 3.41. The van der Waals surface area contributed by atoms with Gasteiger partial charge in [-0.1, -0.05) is 30.3 Å². The average Bonchev–Trinajstić information content (AvgIpc) is 2.25. The SMILES string of the molecule is C=C(O)CC/C=C/c1ccc(OC)nc1Cl. The van der Waals surface area contributed by atoms with E-state index in [2.05, 4.69) is 11.6 Å². The molecule has 0 saturated heterocycles. The Hall–Kier alpha value is -1.48. The van der Waals surface area contributed by atoms with Crippen molar-refractivity contribution in [1.29, 1.82) is 0 Å². The second kappa shape index (κ2) is 6.18. The molecule has 0 aliphatic carbocycles. The van der Waals surface area contributed by atoms with Crippen LogP contribution < -0.4 is 4.74 Å². The third-order valence-corrected chi connectivity index (χ3v) is 2.26. The van der Waals surface area contributed by atoms with Crippen LogP contribution >= 0.6 is 11.6 Å². The Kier molecular flexibility index (Phi) is 4.86. The smallest absolute Gasteiger partial charge is 0.214 e. The van der Waals surface area contributed by atoms with Crippen molar-refractivity contribution >= 4 is 17.7 Å². The fraction of sp³-hybridized carbons (Fsp3) is 0.250. The number of ether oxygens (including phenoxy) is 1. The zero-order valence-corrected chi connectivity index (χ0v) is 9.87. The minimum Gasteiger partial charge on any atom is -0.513 e. The Morgan fingerprint density at radius 1 is 1.62 bits per heavy atom. The lowest BCUT2D eigenvalue weighted by atomic mass is 10.2. The van der Waals surface area contributed by atoms with Gasteiger partial charge in [-0.05, 0) is 12.5 Å². The molecule has 0 saturated carbocycles. The molecule has 0 aliphatic heterocycles. The van der Waals surface area contributed by atoms with E-state index in [0.29, 0.717) is 17.5 Å². The number of aromatic nitrogens is 1. The van der Waals surface area contributed by atoms with E-state index in [-0.39, 0.29) is 5.76 Å². The van der Waals surface area contributed by atoms with Gasteiger partial charge in [-0.3, -0.25) is 0 Å². The normalized spacial score (nSPS) is 10.6. The van der Waals surface area contributed by atoms with Gasteiger partial charge in [0.05, 0.1) is 12.9 Å². The topological polar surface area (TPSA) is 42.4 Å². The summed E-state index contributed by atoms with van der Waals surface area (Å²) in [5, 5.41) is 9.29. The molecule has 86 valence electrons. The van der Waals surface area contributed by atoms with Gasteiger partial charge in [-0.2, -0.15) is 0 Å². The van der Waals surface area contributed by atoms with Gasteiger partial charge in [0.25, 0.3) is 0 Å². The summed E-state index contributed by atoms with van der Waals surface area (Å²) in [5.74, 6) is 0.675. The van der Waals surface area contributed by atoms with Crippen molar-refractivity contribution in [2.24, 2.45) is 0 Å². The van der Waals surface area contributed by atoms with Crippen LogP contribution in [0.25, 0.3) is 6.08 Å². The minimum absolute atomic E-state index is 0.184. The molecule has 0 bridgehead atoms. The van der Waals surface area contributed by atoms with Gasteiger partial charge in [0.15, 0.2) is 0 Å².